The average molecular weight is 167 g/mol. The first kappa shape index (κ1) is 8.55. The fourth-order valence-corrected chi connectivity index (χ4v) is 3.21. The Labute approximate surface area is 75.7 Å². The fourth-order valence-electron chi connectivity index (χ4n) is 3.21. The standard InChI is InChI=1S/C11H21N/c1-8(12)11-6-9-3-2-4-10(5-9)7-11/h8-11H,2-7,12H2,1H3. The second-order valence-electron chi connectivity index (χ2n) is 4.99. The van der Waals surface area contributed by atoms with E-state index in [-0.39, 0.29) is 0 Å². The predicted molar refractivity (Wildman–Crippen MR) is 51.8 cm³/mol. The van der Waals surface area contributed by atoms with Crippen LogP contribution in [0, 0.1) is 17.8 Å². The van der Waals surface area contributed by atoms with Crippen molar-refractivity contribution >= 4 is 0 Å². The highest BCUT2D eigenvalue weighted by Crippen LogP contribution is 2.43. The second kappa shape index (κ2) is 3.37. The summed E-state index contributed by atoms with van der Waals surface area (Å²) in [6, 6.07) is 0.438. The van der Waals surface area contributed by atoms with Crippen molar-refractivity contribution in [2.75, 3.05) is 0 Å². The quantitative estimate of drug-likeness (QED) is 0.638. The lowest BCUT2D eigenvalue weighted by Crippen LogP contribution is -2.36. The molecule has 12 heavy (non-hydrogen) atoms. The number of hydrogen-bond acceptors (Lipinski definition) is 1. The Hall–Kier alpha value is -0.0400. The highest BCUT2D eigenvalue weighted by atomic mass is 14.6. The molecule has 0 heterocycles. The van der Waals surface area contributed by atoms with Gasteiger partial charge in [-0.15, -0.1) is 0 Å². The lowest BCUT2D eigenvalue weighted by molar-refractivity contribution is 0.125. The van der Waals surface area contributed by atoms with Crippen molar-refractivity contribution in [3.05, 3.63) is 0 Å². The highest BCUT2D eigenvalue weighted by molar-refractivity contribution is 4.85. The number of nitrogens with two attached hydrogens (primary N) is 1. The summed E-state index contributed by atoms with van der Waals surface area (Å²) in [5.74, 6) is 2.91. The molecule has 0 aliphatic heterocycles. The van der Waals surface area contributed by atoms with Gasteiger partial charge >= 0.3 is 0 Å². The van der Waals surface area contributed by atoms with Gasteiger partial charge in [-0.05, 0) is 43.9 Å². The van der Waals surface area contributed by atoms with Crippen LogP contribution in [0.5, 0.6) is 0 Å². The smallest absolute Gasteiger partial charge is 0.00389 e. The van der Waals surface area contributed by atoms with Crippen LogP contribution in [-0.2, 0) is 0 Å². The Kier molecular flexibility index (Phi) is 2.40. The lowest BCUT2D eigenvalue weighted by atomic mass is 9.66. The van der Waals surface area contributed by atoms with Gasteiger partial charge in [-0.3, -0.25) is 0 Å². The minimum absolute atomic E-state index is 0.438. The minimum atomic E-state index is 0.438. The van der Waals surface area contributed by atoms with E-state index in [4.69, 9.17) is 5.73 Å². The molecule has 3 atom stereocenters. The molecular weight excluding hydrogens is 146 g/mol. The van der Waals surface area contributed by atoms with E-state index in [1.807, 2.05) is 0 Å². The van der Waals surface area contributed by atoms with Crippen LogP contribution in [0.1, 0.15) is 45.4 Å². The third kappa shape index (κ3) is 1.66. The van der Waals surface area contributed by atoms with Crippen molar-refractivity contribution in [3.63, 3.8) is 0 Å². The Bertz CT molecular complexity index is 141. The Balaban J connectivity index is 1.96. The fraction of sp³-hybridized carbons (Fsp3) is 1.00. The van der Waals surface area contributed by atoms with Gasteiger partial charge in [0.25, 0.3) is 0 Å². The molecule has 0 spiro atoms. The molecule has 70 valence electrons. The third-order valence-electron chi connectivity index (χ3n) is 3.91. The molecule has 1 heteroatoms. The zero-order chi connectivity index (χ0) is 8.55. The number of rotatable bonds is 1. The van der Waals surface area contributed by atoms with Gasteiger partial charge in [0.05, 0.1) is 0 Å². The third-order valence-corrected chi connectivity index (χ3v) is 3.91. The van der Waals surface area contributed by atoms with Gasteiger partial charge in [0.2, 0.25) is 0 Å². The number of hydrogen-bond donors (Lipinski definition) is 1. The van der Waals surface area contributed by atoms with E-state index >= 15 is 0 Å². The SMILES string of the molecule is CC(N)C1CC2CCCC(C2)C1. The molecule has 0 saturated heterocycles. The molecule has 2 saturated carbocycles. The summed E-state index contributed by atoms with van der Waals surface area (Å²) in [6.45, 7) is 2.19. The molecule has 2 aliphatic rings. The summed E-state index contributed by atoms with van der Waals surface area (Å²) >= 11 is 0. The summed E-state index contributed by atoms with van der Waals surface area (Å²) in [7, 11) is 0. The normalized spacial score (nSPS) is 44.0. The molecule has 2 fully saturated rings. The van der Waals surface area contributed by atoms with Gasteiger partial charge in [0.15, 0.2) is 0 Å². The van der Waals surface area contributed by atoms with Crippen LogP contribution in [0.2, 0.25) is 0 Å². The minimum Gasteiger partial charge on any atom is -0.328 e. The molecular formula is C11H21N. The molecule has 0 aromatic carbocycles. The van der Waals surface area contributed by atoms with Crippen LogP contribution in [-0.4, -0.2) is 6.04 Å². The van der Waals surface area contributed by atoms with E-state index < -0.39 is 0 Å². The summed E-state index contributed by atoms with van der Waals surface area (Å²) in [4.78, 5) is 0. The van der Waals surface area contributed by atoms with Gasteiger partial charge in [0, 0.05) is 6.04 Å². The van der Waals surface area contributed by atoms with Crippen molar-refractivity contribution in [2.24, 2.45) is 23.5 Å². The zero-order valence-corrected chi connectivity index (χ0v) is 8.13. The van der Waals surface area contributed by atoms with Crippen LogP contribution in [0.4, 0.5) is 0 Å². The molecule has 0 aromatic heterocycles. The van der Waals surface area contributed by atoms with Crippen LogP contribution in [0.15, 0.2) is 0 Å². The van der Waals surface area contributed by atoms with E-state index in [2.05, 4.69) is 6.92 Å². The molecule has 3 unspecified atom stereocenters. The molecule has 0 aromatic rings. The molecule has 2 N–H and O–H groups in total. The maximum absolute atomic E-state index is 5.97. The van der Waals surface area contributed by atoms with Gasteiger partial charge in [-0.25, -0.2) is 0 Å². The first-order valence-corrected chi connectivity index (χ1v) is 5.51. The van der Waals surface area contributed by atoms with Crippen LogP contribution in [0.25, 0.3) is 0 Å². The topological polar surface area (TPSA) is 26.0 Å². The monoisotopic (exact) mass is 167 g/mol. The second-order valence-corrected chi connectivity index (χ2v) is 4.99. The summed E-state index contributed by atoms with van der Waals surface area (Å²) in [5.41, 5.74) is 5.97. The Morgan fingerprint density at radius 1 is 1.08 bits per heavy atom. The van der Waals surface area contributed by atoms with E-state index in [9.17, 15) is 0 Å². The summed E-state index contributed by atoms with van der Waals surface area (Å²) in [6.07, 6.45) is 8.83. The van der Waals surface area contributed by atoms with Crippen molar-refractivity contribution in [3.8, 4) is 0 Å². The average Bonchev–Trinajstić information content (AvgIpc) is 2.03. The largest absolute Gasteiger partial charge is 0.328 e. The van der Waals surface area contributed by atoms with Gasteiger partial charge < -0.3 is 5.73 Å². The van der Waals surface area contributed by atoms with E-state index in [1.165, 1.54) is 38.5 Å². The van der Waals surface area contributed by atoms with Crippen LogP contribution >= 0.6 is 0 Å². The zero-order valence-electron chi connectivity index (χ0n) is 8.13. The molecule has 0 amide bonds. The predicted octanol–water partition coefficient (Wildman–Crippen LogP) is 2.55. The molecule has 2 bridgehead atoms. The van der Waals surface area contributed by atoms with Gasteiger partial charge in [-0.2, -0.15) is 0 Å². The van der Waals surface area contributed by atoms with Gasteiger partial charge in [-0.1, -0.05) is 19.3 Å². The van der Waals surface area contributed by atoms with Crippen molar-refractivity contribution < 1.29 is 0 Å². The van der Waals surface area contributed by atoms with E-state index in [1.54, 1.807) is 0 Å². The van der Waals surface area contributed by atoms with Crippen LogP contribution < -0.4 is 5.73 Å². The van der Waals surface area contributed by atoms with Crippen molar-refractivity contribution in [1.29, 1.82) is 0 Å². The first-order chi connectivity index (χ1) is 5.75. The maximum atomic E-state index is 5.97. The van der Waals surface area contributed by atoms with Crippen molar-refractivity contribution in [1.82, 2.24) is 0 Å². The maximum Gasteiger partial charge on any atom is 0.00389 e. The van der Waals surface area contributed by atoms with Crippen molar-refractivity contribution in [2.45, 2.75) is 51.5 Å². The number of fused-ring (bicyclic) bond motifs is 2. The van der Waals surface area contributed by atoms with Crippen LogP contribution in [0.3, 0.4) is 0 Å². The summed E-state index contributed by atoms with van der Waals surface area (Å²) < 4.78 is 0. The Morgan fingerprint density at radius 3 is 2.17 bits per heavy atom. The van der Waals surface area contributed by atoms with Gasteiger partial charge in [0.1, 0.15) is 0 Å². The molecule has 2 aliphatic carbocycles. The van der Waals surface area contributed by atoms with E-state index in [0.29, 0.717) is 6.04 Å². The lowest BCUT2D eigenvalue weighted by Gasteiger charge is -2.40. The summed E-state index contributed by atoms with van der Waals surface area (Å²) in [5, 5.41) is 0. The first-order valence-electron chi connectivity index (χ1n) is 5.51. The Morgan fingerprint density at radius 2 is 1.67 bits per heavy atom. The van der Waals surface area contributed by atoms with E-state index in [0.717, 1.165) is 17.8 Å². The molecule has 1 nitrogen and oxygen atoms in total. The molecule has 2 rings (SSSR count). The highest BCUT2D eigenvalue weighted by Gasteiger charge is 2.32. The molecule has 0 radical (unpaired) electrons.